The molecule has 0 radical (unpaired) electrons. The number of aromatic nitrogens is 2. The molecule has 0 unspecified atom stereocenters. The Morgan fingerprint density at radius 3 is 3.21 bits per heavy atom. The number of nitrogens with zero attached hydrogens (tertiary/aromatic N) is 2. The summed E-state index contributed by atoms with van der Waals surface area (Å²) in [4.78, 5) is 2.28. The van der Waals surface area contributed by atoms with Gasteiger partial charge >= 0.3 is 0 Å². The highest BCUT2D eigenvalue weighted by Gasteiger charge is 2.31. The lowest BCUT2D eigenvalue weighted by molar-refractivity contribution is 0.107. The molecule has 2 atom stereocenters. The molecular formula is C14H19N3O2. The zero-order valence-electron chi connectivity index (χ0n) is 11.0. The van der Waals surface area contributed by atoms with E-state index in [2.05, 4.69) is 33.3 Å². The van der Waals surface area contributed by atoms with Crippen LogP contribution in [-0.2, 0) is 11.3 Å². The Morgan fingerprint density at radius 2 is 2.42 bits per heavy atom. The second-order valence-electron chi connectivity index (χ2n) is 5.15. The summed E-state index contributed by atoms with van der Waals surface area (Å²) in [5.41, 5.74) is 2.28. The van der Waals surface area contributed by atoms with E-state index in [1.807, 2.05) is 6.20 Å². The topological polar surface area (TPSA) is 61.4 Å². The number of aliphatic hydroxyl groups is 1. The number of nitrogens with one attached hydrogen (secondary N) is 1. The highest BCUT2D eigenvalue weighted by Crippen LogP contribution is 2.23. The number of rotatable bonds is 4. The highest BCUT2D eigenvalue weighted by molar-refractivity contribution is 5.78. The highest BCUT2D eigenvalue weighted by atomic mass is 16.5. The van der Waals surface area contributed by atoms with Gasteiger partial charge in [-0.25, -0.2) is 0 Å². The van der Waals surface area contributed by atoms with Crippen molar-refractivity contribution in [1.82, 2.24) is 15.1 Å². The Bertz CT molecular complexity index is 554. The van der Waals surface area contributed by atoms with Crippen LogP contribution < -0.4 is 0 Å². The normalized spacial score (nSPS) is 24.3. The van der Waals surface area contributed by atoms with Gasteiger partial charge in [0.15, 0.2) is 0 Å². The summed E-state index contributed by atoms with van der Waals surface area (Å²) in [5.74, 6) is 0. The molecule has 19 heavy (non-hydrogen) atoms. The minimum absolute atomic E-state index is 0.187. The largest absolute Gasteiger partial charge is 0.395 e. The smallest absolute Gasteiger partial charge is 0.0714 e. The van der Waals surface area contributed by atoms with Gasteiger partial charge in [0.05, 0.1) is 24.4 Å². The van der Waals surface area contributed by atoms with Crippen LogP contribution in [0.25, 0.3) is 10.9 Å². The first kappa shape index (κ1) is 12.6. The van der Waals surface area contributed by atoms with Crippen LogP contribution in [0.5, 0.6) is 0 Å². The average molecular weight is 261 g/mol. The lowest BCUT2D eigenvalue weighted by Gasteiger charge is -2.22. The van der Waals surface area contributed by atoms with Crippen LogP contribution in [0, 0.1) is 0 Å². The van der Waals surface area contributed by atoms with Gasteiger partial charge in [-0.3, -0.25) is 10.00 Å². The van der Waals surface area contributed by atoms with Crippen molar-refractivity contribution < 1.29 is 9.84 Å². The summed E-state index contributed by atoms with van der Waals surface area (Å²) in [6.07, 6.45) is 2.96. The molecule has 1 fully saturated rings. The van der Waals surface area contributed by atoms with Gasteiger partial charge in [0.2, 0.25) is 0 Å². The third kappa shape index (κ3) is 2.49. The van der Waals surface area contributed by atoms with E-state index in [1.54, 1.807) is 7.11 Å². The molecule has 0 amide bonds. The quantitative estimate of drug-likeness (QED) is 0.866. The number of aromatic amines is 1. The summed E-state index contributed by atoms with van der Waals surface area (Å²) in [7, 11) is 1.74. The summed E-state index contributed by atoms with van der Waals surface area (Å²) < 4.78 is 5.40. The number of hydrogen-bond acceptors (Lipinski definition) is 4. The van der Waals surface area contributed by atoms with Crippen molar-refractivity contribution in [1.29, 1.82) is 0 Å². The zero-order valence-corrected chi connectivity index (χ0v) is 11.0. The number of methoxy groups -OCH3 is 1. The van der Waals surface area contributed by atoms with Crippen molar-refractivity contribution in [2.75, 3.05) is 20.3 Å². The second kappa shape index (κ2) is 5.28. The number of likely N-dealkylation sites (tertiary alicyclic amines) is 1. The van der Waals surface area contributed by atoms with E-state index in [9.17, 15) is 5.11 Å². The predicted octanol–water partition coefficient (Wildman–Crippen LogP) is 1.14. The molecule has 3 rings (SSSR count). The van der Waals surface area contributed by atoms with Crippen LogP contribution in [0.4, 0.5) is 0 Å². The Kier molecular flexibility index (Phi) is 3.50. The standard InChI is InChI=1S/C14H19N3O2/c1-19-13-5-12(9-18)17(8-13)7-10-2-3-11-6-15-16-14(11)4-10/h2-4,6,12-13,18H,5,7-9H2,1H3,(H,15,16)/t12-,13+/m0/s1. The molecule has 2 heterocycles. The number of H-pyrrole nitrogens is 1. The monoisotopic (exact) mass is 261 g/mol. The van der Waals surface area contributed by atoms with E-state index in [4.69, 9.17) is 4.74 Å². The number of benzene rings is 1. The van der Waals surface area contributed by atoms with Gasteiger partial charge in [0.25, 0.3) is 0 Å². The fourth-order valence-electron chi connectivity index (χ4n) is 2.81. The summed E-state index contributed by atoms with van der Waals surface area (Å²) in [5, 5.41) is 17.6. The minimum Gasteiger partial charge on any atom is -0.395 e. The van der Waals surface area contributed by atoms with Crippen molar-refractivity contribution in [2.45, 2.75) is 25.1 Å². The van der Waals surface area contributed by atoms with Crippen LogP contribution in [-0.4, -0.2) is 52.6 Å². The Labute approximate surface area is 112 Å². The molecule has 102 valence electrons. The van der Waals surface area contributed by atoms with Crippen molar-refractivity contribution in [3.63, 3.8) is 0 Å². The van der Waals surface area contributed by atoms with Crippen molar-refractivity contribution in [3.05, 3.63) is 30.0 Å². The molecule has 1 saturated heterocycles. The molecule has 0 bridgehead atoms. The molecule has 0 aliphatic carbocycles. The molecule has 1 aliphatic heterocycles. The minimum atomic E-state index is 0.187. The van der Waals surface area contributed by atoms with Crippen LogP contribution in [0.3, 0.4) is 0 Å². The lowest BCUT2D eigenvalue weighted by Crippen LogP contribution is -2.31. The Morgan fingerprint density at radius 1 is 1.53 bits per heavy atom. The molecule has 2 N–H and O–H groups in total. The number of ether oxygens (including phenoxy) is 1. The first-order valence-electron chi connectivity index (χ1n) is 6.60. The molecule has 1 aromatic carbocycles. The zero-order chi connectivity index (χ0) is 13.2. The Hall–Kier alpha value is -1.43. The third-order valence-corrected chi connectivity index (χ3v) is 3.93. The molecule has 0 spiro atoms. The van der Waals surface area contributed by atoms with Crippen molar-refractivity contribution in [3.8, 4) is 0 Å². The van der Waals surface area contributed by atoms with E-state index >= 15 is 0 Å². The van der Waals surface area contributed by atoms with Gasteiger partial charge in [-0.2, -0.15) is 5.10 Å². The average Bonchev–Trinajstić information content (AvgIpc) is 3.04. The molecular weight excluding hydrogens is 242 g/mol. The lowest BCUT2D eigenvalue weighted by atomic mass is 10.1. The van der Waals surface area contributed by atoms with Gasteiger partial charge < -0.3 is 9.84 Å². The van der Waals surface area contributed by atoms with Crippen LogP contribution >= 0.6 is 0 Å². The molecule has 2 aromatic rings. The Balaban J connectivity index is 1.76. The van der Waals surface area contributed by atoms with E-state index in [0.717, 1.165) is 30.4 Å². The van der Waals surface area contributed by atoms with Gasteiger partial charge in [0, 0.05) is 31.6 Å². The number of hydrogen-bond donors (Lipinski definition) is 2. The molecule has 5 nitrogen and oxygen atoms in total. The van der Waals surface area contributed by atoms with Crippen LogP contribution in [0.1, 0.15) is 12.0 Å². The van der Waals surface area contributed by atoms with Crippen molar-refractivity contribution in [2.24, 2.45) is 0 Å². The van der Waals surface area contributed by atoms with E-state index in [-0.39, 0.29) is 18.8 Å². The first-order chi connectivity index (χ1) is 9.30. The van der Waals surface area contributed by atoms with E-state index in [0.29, 0.717) is 0 Å². The molecule has 1 aliphatic rings. The summed E-state index contributed by atoms with van der Waals surface area (Å²) >= 11 is 0. The molecule has 1 aromatic heterocycles. The van der Waals surface area contributed by atoms with Crippen LogP contribution in [0.15, 0.2) is 24.4 Å². The fraction of sp³-hybridized carbons (Fsp3) is 0.500. The predicted molar refractivity (Wildman–Crippen MR) is 72.8 cm³/mol. The summed E-state index contributed by atoms with van der Waals surface area (Å²) in [6, 6.07) is 6.51. The fourth-order valence-corrected chi connectivity index (χ4v) is 2.81. The molecule has 0 saturated carbocycles. The third-order valence-electron chi connectivity index (χ3n) is 3.93. The number of aliphatic hydroxyl groups excluding tert-OH is 1. The number of fused-ring (bicyclic) bond motifs is 1. The maximum atomic E-state index is 9.45. The summed E-state index contributed by atoms with van der Waals surface area (Å²) in [6.45, 7) is 1.90. The van der Waals surface area contributed by atoms with Gasteiger partial charge in [0.1, 0.15) is 0 Å². The maximum absolute atomic E-state index is 9.45. The molecule has 5 heteroatoms. The van der Waals surface area contributed by atoms with Gasteiger partial charge in [-0.05, 0) is 18.1 Å². The maximum Gasteiger partial charge on any atom is 0.0714 e. The van der Waals surface area contributed by atoms with E-state index in [1.165, 1.54) is 5.56 Å². The van der Waals surface area contributed by atoms with Gasteiger partial charge in [-0.15, -0.1) is 0 Å². The first-order valence-corrected chi connectivity index (χ1v) is 6.60. The van der Waals surface area contributed by atoms with Crippen molar-refractivity contribution >= 4 is 10.9 Å². The second-order valence-corrected chi connectivity index (χ2v) is 5.15. The van der Waals surface area contributed by atoms with E-state index < -0.39 is 0 Å². The van der Waals surface area contributed by atoms with Crippen LogP contribution in [0.2, 0.25) is 0 Å². The SMILES string of the molecule is CO[C@@H]1C[C@@H](CO)N(Cc2ccc3cn[nH]c3c2)C1. The van der Waals surface area contributed by atoms with Gasteiger partial charge in [-0.1, -0.05) is 12.1 Å².